The zero-order chi connectivity index (χ0) is 13.9. The van der Waals surface area contributed by atoms with Crippen LogP contribution in [0.5, 0.6) is 0 Å². The molecule has 4 heteroatoms. The van der Waals surface area contributed by atoms with Crippen molar-refractivity contribution in [2.75, 3.05) is 0 Å². The molecule has 0 aliphatic carbocycles. The molecular weight excluding hydrogens is 332 g/mol. The third kappa shape index (κ3) is 2.92. The van der Waals surface area contributed by atoms with Crippen LogP contribution in [0.3, 0.4) is 0 Å². The minimum atomic E-state index is 0.250. The molecule has 3 aromatic rings. The van der Waals surface area contributed by atoms with Crippen molar-refractivity contribution in [3.63, 3.8) is 0 Å². The first-order chi connectivity index (χ1) is 9.74. The van der Waals surface area contributed by atoms with Gasteiger partial charge < -0.3 is 5.32 Å². The van der Waals surface area contributed by atoms with Gasteiger partial charge in [-0.15, -0.1) is 11.3 Å². The number of halogens is 1. The summed E-state index contributed by atoms with van der Waals surface area (Å²) < 4.78 is 2.39. The Morgan fingerprint density at radius 1 is 1.15 bits per heavy atom. The summed E-state index contributed by atoms with van der Waals surface area (Å²) in [4.78, 5) is 4.69. The summed E-state index contributed by atoms with van der Waals surface area (Å²) in [7, 11) is 0. The lowest BCUT2D eigenvalue weighted by molar-refractivity contribution is 0.572. The minimum Gasteiger partial charge on any atom is -0.304 e. The van der Waals surface area contributed by atoms with Gasteiger partial charge in [0.2, 0.25) is 0 Å². The van der Waals surface area contributed by atoms with E-state index in [1.165, 1.54) is 10.3 Å². The number of rotatable bonds is 4. The molecule has 2 nitrogen and oxygen atoms in total. The molecule has 1 aromatic heterocycles. The van der Waals surface area contributed by atoms with Gasteiger partial charge >= 0.3 is 0 Å². The van der Waals surface area contributed by atoms with Crippen molar-refractivity contribution >= 4 is 37.5 Å². The van der Waals surface area contributed by atoms with Crippen molar-refractivity contribution < 1.29 is 0 Å². The number of thiazole rings is 1. The first-order valence-electron chi connectivity index (χ1n) is 6.56. The smallest absolute Gasteiger partial charge is 0.111 e. The summed E-state index contributed by atoms with van der Waals surface area (Å²) in [6.07, 6.45) is 0. The quantitative estimate of drug-likeness (QED) is 0.725. The molecule has 3 rings (SSSR count). The summed E-state index contributed by atoms with van der Waals surface area (Å²) in [5.41, 5.74) is 2.35. The topological polar surface area (TPSA) is 24.9 Å². The van der Waals surface area contributed by atoms with Crippen LogP contribution >= 0.6 is 27.3 Å². The zero-order valence-corrected chi connectivity index (χ0v) is 13.5. The molecule has 2 aromatic carbocycles. The molecule has 0 radical (unpaired) electrons. The molecule has 0 aliphatic heterocycles. The number of benzene rings is 2. The van der Waals surface area contributed by atoms with Crippen LogP contribution in [-0.4, -0.2) is 4.98 Å². The van der Waals surface area contributed by atoms with Gasteiger partial charge in [0.25, 0.3) is 0 Å². The van der Waals surface area contributed by atoms with E-state index < -0.39 is 0 Å². The molecule has 0 amide bonds. The maximum atomic E-state index is 4.69. The van der Waals surface area contributed by atoms with Crippen LogP contribution in [0.25, 0.3) is 10.2 Å². The van der Waals surface area contributed by atoms with Crippen LogP contribution in [0.2, 0.25) is 0 Å². The van der Waals surface area contributed by atoms with E-state index in [9.17, 15) is 0 Å². The highest BCUT2D eigenvalue weighted by Gasteiger charge is 2.11. The molecule has 0 saturated carbocycles. The summed E-state index contributed by atoms with van der Waals surface area (Å²) in [5.74, 6) is 0. The summed E-state index contributed by atoms with van der Waals surface area (Å²) in [6, 6.07) is 16.8. The molecule has 0 fully saturated rings. The van der Waals surface area contributed by atoms with Crippen LogP contribution in [0.15, 0.2) is 53.0 Å². The van der Waals surface area contributed by atoms with E-state index >= 15 is 0 Å². The first-order valence-corrected chi connectivity index (χ1v) is 8.17. The molecule has 0 bridgehead atoms. The molecule has 0 aliphatic rings. The Morgan fingerprint density at radius 3 is 2.70 bits per heavy atom. The first kappa shape index (κ1) is 13.7. The number of hydrogen-bond donors (Lipinski definition) is 1. The maximum absolute atomic E-state index is 4.69. The van der Waals surface area contributed by atoms with Crippen LogP contribution in [-0.2, 0) is 6.54 Å². The Kier molecular flexibility index (Phi) is 4.15. The van der Waals surface area contributed by atoms with Gasteiger partial charge in [-0.1, -0.05) is 46.3 Å². The molecule has 102 valence electrons. The van der Waals surface area contributed by atoms with Gasteiger partial charge in [-0.2, -0.15) is 0 Å². The van der Waals surface area contributed by atoms with Crippen molar-refractivity contribution in [3.05, 3.63) is 63.6 Å². The minimum absolute atomic E-state index is 0.250. The SMILES string of the molecule is CC(NCc1ccccc1Br)c1nc2ccccc2s1. The van der Waals surface area contributed by atoms with Gasteiger partial charge in [-0.05, 0) is 30.7 Å². The fourth-order valence-electron chi connectivity index (χ4n) is 2.07. The largest absolute Gasteiger partial charge is 0.304 e. The molecule has 1 unspecified atom stereocenters. The van der Waals surface area contributed by atoms with E-state index in [-0.39, 0.29) is 6.04 Å². The van der Waals surface area contributed by atoms with E-state index in [0.29, 0.717) is 0 Å². The van der Waals surface area contributed by atoms with Gasteiger partial charge in [0.1, 0.15) is 5.01 Å². The second kappa shape index (κ2) is 6.04. The number of fused-ring (bicyclic) bond motifs is 1. The van der Waals surface area contributed by atoms with Crippen LogP contribution in [0.1, 0.15) is 23.5 Å². The van der Waals surface area contributed by atoms with Crippen molar-refractivity contribution in [2.45, 2.75) is 19.5 Å². The average Bonchev–Trinajstić information content (AvgIpc) is 2.90. The second-order valence-corrected chi connectivity index (χ2v) is 6.63. The van der Waals surface area contributed by atoms with Gasteiger partial charge in [0, 0.05) is 11.0 Å². The molecule has 1 atom stereocenters. The second-order valence-electron chi connectivity index (χ2n) is 4.71. The lowest BCUT2D eigenvalue weighted by Crippen LogP contribution is -2.18. The van der Waals surface area contributed by atoms with E-state index in [1.807, 2.05) is 12.1 Å². The third-order valence-electron chi connectivity index (χ3n) is 3.24. The average molecular weight is 347 g/mol. The monoisotopic (exact) mass is 346 g/mol. The summed E-state index contributed by atoms with van der Waals surface area (Å²) >= 11 is 5.34. The number of nitrogens with one attached hydrogen (secondary N) is 1. The van der Waals surface area contributed by atoms with E-state index in [0.717, 1.165) is 21.5 Å². The number of para-hydroxylation sites is 1. The Hall–Kier alpha value is -1.23. The Bertz CT molecular complexity index is 690. The van der Waals surface area contributed by atoms with Gasteiger partial charge in [0.05, 0.1) is 16.3 Å². The van der Waals surface area contributed by atoms with E-state index in [4.69, 9.17) is 4.98 Å². The molecule has 1 heterocycles. The predicted octanol–water partition coefficient (Wildman–Crippen LogP) is 4.91. The highest BCUT2D eigenvalue weighted by Crippen LogP contribution is 2.26. The van der Waals surface area contributed by atoms with E-state index in [1.54, 1.807) is 11.3 Å². The van der Waals surface area contributed by atoms with Gasteiger partial charge in [-0.3, -0.25) is 0 Å². The standard InChI is InChI=1S/C16H15BrN2S/c1-11(18-10-12-6-2-3-7-13(12)17)16-19-14-8-4-5-9-15(14)20-16/h2-9,11,18H,10H2,1H3. The van der Waals surface area contributed by atoms with Crippen LogP contribution < -0.4 is 5.32 Å². The zero-order valence-electron chi connectivity index (χ0n) is 11.1. The Balaban J connectivity index is 1.73. The number of hydrogen-bond acceptors (Lipinski definition) is 3. The Morgan fingerprint density at radius 2 is 1.90 bits per heavy atom. The van der Waals surface area contributed by atoms with Gasteiger partial charge in [0.15, 0.2) is 0 Å². The molecule has 1 N–H and O–H groups in total. The number of aromatic nitrogens is 1. The highest BCUT2D eigenvalue weighted by atomic mass is 79.9. The van der Waals surface area contributed by atoms with Crippen molar-refractivity contribution in [3.8, 4) is 0 Å². The highest BCUT2D eigenvalue weighted by molar-refractivity contribution is 9.10. The maximum Gasteiger partial charge on any atom is 0.111 e. The van der Waals surface area contributed by atoms with Crippen LogP contribution in [0, 0.1) is 0 Å². The Labute approximate surface area is 131 Å². The van der Waals surface area contributed by atoms with Crippen LogP contribution in [0.4, 0.5) is 0 Å². The number of nitrogens with zero attached hydrogens (tertiary/aromatic N) is 1. The molecule has 0 spiro atoms. The van der Waals surface area contributed by atoms with Crippen molar-refractivity contribution in [2.24, 2.45) is 0 Å². The third-order valence-corrected chi connectivity index (χ3v) is 5.23. The van der Waals surface area contributed by atoms with Gasteiger partial charge in [-0.25, -0.2) is 4.98 Å². The molecule has 20 heavy (non-hydrogen) atoms. The molecular formula is C16H15BrN2S. The lowest BCUT2D eigenvalue weighted by atomic mass is 10.2. The van der Waals surface area contributed by atoms with Crippen molar-refractivity contribution in [1.29, 1.82) is 0 Å². The fraction of sp³-hybridized carbons (Fsp3) is 0.188. The summed E-state index contributed by atoms with van der Waals surface area (Å²) in [5, 5.41) is 4.67. The summed E-state index contributed by atoms with van der Waals surface area (Å²) in [6.45, 7) is 2.99. The van der Waals surface area contributed by atoms with E-state index in [2.05, 4.69) is 64.6 Å². The lowest BCUT2D eigenvalue weighted by Gasteiger charge is -2.12. The normalized spacial score (nSPS) is 12.7. The van der Waals surface area contributed by atoms with Crippen molar-refractivity contribution in [1.82, 2.24) is 10.3 Å². The molecule has 0 saturated heterocycles. The fourth-order valence-corrected chi connectivity index (χ4v) is 3.49. The predicted molar refractivity (Wildman–Crippen MR) is 89.0 cm³/mol.